The third-order valence-electron chi connectivity index (χ3n) is 5.22. The van der Waals surface area contributed by atoms with E-state index in [9.17, 15) is 0 Å². The Morgan fingerprint density at radius 2 is 1.65 bits per heavy atom. The lowest BCUT2D eigenvalue weighted by Crippen LogP contribution is -2.20. The van der Waals surface area contributed by atoms with Crippen molar-refractivity contribution in [1.29, 1.82) is 0 Å². The molecule has 0 aliphatic heterocycles. The zero-order chi connectivity index (χ0) is 15.6. The van der Waals surface area contributed by atoms with Crippen molar-refractivity contribution in [3.8, 4) is 0 Å². The summed E-state index contributed by atoms with van der Waals surface area (Å²) in [5.41, 5.74) is 4.74. The highest BCUT2D eigenvalue weighted by Gasteiger charge is 2.40. The molecule has 124 valence electrons. The SMILES string of the molecule is CN(C)CCCC1CC(C)(c2ccccc2)c2ccccc21.Cl. The first-order valence-corrected chi connectivity index (χ1v) is 8.41. The predicted octanol–water partition coefficient (Wildman–Crippen LogP) is 5.24. The van der Waals surface area contributed by atoms with Crippen molar-refractivity contribution < 1.29 is 0 Å². The normalized spacial score (nSPS) is 22.7. The quantitative estimate of drug-likeness (QED) is 0.724. The second-order valence-corrected chi connectivity index (χ2v) is 7.13. The first kappa shape index (κ1) is 18.0. The smallest absolute Gasteiger partial charge is 0.0183 e. The molecule has 0 radical (unpaired) electrons. The van der Waals surface area contributed by atoms with Crippen molar-refractivity contribution in [2.24, 2.45) is 0 Å². The standard InChI is InChI=1S/C21H27N.ClH/c1-21(18-11-5-4-6-12-18)16-17(10-9-15-22(2)3)19-13-7-8-14-20(19)21;/h4-8,11-14,17H,9-10,15-16H2,1-3H3;1H. The van der Waals surface area contributed by atoms with Crippen LogP contribution >= 0.6 is 12.4 Å². The Labute approximate surface area is 147 Å². The molecule has 0 aromatic heterocycles. The lowest BCUT2D eigenvalue weighted by molar-refractivity contribution is 0.377. The average molecular weight is 330 g/mol. The maximum atomic E-state index is 2.42. The maximum Gasteiger partial charge on any atom is 0.0183 e. The van der Waals surface area contributed by atoms with E-state index in [1.165, 1.54) is 36.9 Å². The molecule has 0 saturated heterocycles. The van der Waals surface area contributed by atoms with E-state index >= 15 is 0 Å². The monoisotopic (exact) mass is 329 g/mol. The molecule has 2 aromatic rings. The van der Waals surface area contributed by atoms with E-state index in [2.05, 4.69) is 80.5 Å². The lowest BCUT2D eigenvalue weighted by atomic mass is 9.77. The third-order valence-corrected chi connectivity index (χ3v) is 5.22. The van der Waals surface area contributed by atoms with Crippen molar-refractivity contribution in [2.75, 3.05) is 20.6 Å². The van der Waals surface area contributed by atoms with Gasteiger partial charge in [-0.1, -0.05) is 61.5 Å². The summed E-state index contributed by atoms with van der Waals surface area (Å²) in [5, 5.41) is 0. The van der Waals surface area contributed by atoms with Gasteiger partial charge in [0, 0.05) is 5.41 Å². The van der Waals surface area contributed by atoms with Crippen LogP contribution in [0, 0.1) is 0 Å². The van der Waals surface area contributed by atoms with Gasteiger partial charge in [-0.3, -0.25) is 0 Å². The molecule has 0 N–H and O–H groups in total. The zero-order valence-corrected chi connectivity index (χ0v) is 15.3. The Kier molecular flexibility index (Phi) is 5.89. The van der Waals surface area contributed by atoms with E-state index in [-0.39, 0.29) is 17.8 Å². The fourth-order valence-electron chi connectivity index (χ4n) is 4.06. The minimum atomic E-state index is 0. The van der Waals surface area contributed by atoms with E-state index < -0.39 is 0 Å². The Hall–Kier alpha value is -1.31. The summed E-state index contributed by atoms with van der Waals surface area (Å²) in [6.45, 7) is 3.60. The Balaban J connectivity index is 0.00000192. The van der Waals surface area contributed by atoms with Crippen LogP contribution < -0.4 is 0 Å². The molecular weight excluding hydrogens is 302 g/mol. The van der Waals surface area contributed by atoms with Crippen LogP contribution in [0.25, 0.3) is 0 Å². The summed E-state index contributed by atoms with van der Waals surface area (Å²) in [6.07, 6.45) is 3.80. The van der Waals surface area contributed by atoms with Crippen molar-refractivity contribution in [3.05, 3.63) is 71.3 Å². The summed E-state index contributed by atoms with van der Waals surface area (Å²) >= 11 is 0. The van der Waals surface area contributed by atoms with E-state index in [0.717, 1.165) is 0 Å². The molecule has 3 rings (SSSR count). The number of fused-ring (bicyclic) bond motifs is 1. The van der Waals surface area contributed by atoms with Crippen LogP contribution in [0.4, 0.5) is 0 Å². The number of hydrogen-bond donors (Lipinski definition) is 0. The van der Waals surface area contributed by atoms with Gasteiger partial charge in [0.25, 0.3) is 0 Å². The van der Waals surface area contributed by atoms with Crippen LogP contribution in [0.5, 0.6) is 0 Å². The highest BCUT2D eigenvalue weighted by molar-refractivity contribution is 5.85. The minimum Gasteiger partial charge on any atom is -0.309 e. The summed E-state index contributed by atoms with van der Waals surface area (Å²) in [5.74, 6) is 0.696. The number of halogens is 1. The number of nitrogens with zero attached hydrogens (tertiary/aromatic N) is 1. The third kappa shape index (κ3) is 3.62. The van der Waals surface area contributed by atoms with Crippen molar-refractivity contribution >= 4 is 12.4 Å². The fourth-order valence-corrected chi connectivity index (χ4v) is 4.06. The lowest BCUT2D eigenvalue weighted by Gasteiger charge is -2.27. The van der Waals surface area contributed by atoms with Gasteiger partial charge in [-0.15, -0.1) is 12.4 Å². The van der Waals surface area contributed by atoms with E-state index in [4.69, 9.17) is 0 Å². The average Bonchev–Trinajstić information content (AvgIpc) is 2.83. The number of rotatable bonds is 5. The van der Waals surface area contributed by atoms with Gasteiger partial charge in [0.05, 0.1) is 0 Å². The highest BCUT2D eigenvalue weighted by atomic mass is 35.5. The molecule has 0 amide bonds. The molecule has 23 heavy (non-hydrogen) atoms. The molecule has 2 unspecified atom stereocenters. The van der Waals surface area contributed by atoms with Crippen LogP contribution in [0.15, 0.2) is 54.6 Å². The molecule has 2 aromatic carbocycles. The van der Waals surface area contributed by atoms with Gasteiger partial charge in [-0.2, -0.15) is 0 Å². The van der Waals surface area contributed by atoms with Crippen LogP contribution in [-0.4, -0.2) is 25.5 Å². The molecule has 1 nitrogen and oxygen atoms in total. The molecule has 1 aliphatic rings. The molecule has 0 saturated carbocycles. The molecule has 0 heterocycles. The van der Waals surface area contributed by atoms with Crippen LogP contribution in [0.2, 0.25) is 0 Å². The fraction of sp³-hybridized carbons (Fsp3) is 0.429. The van der Waals surface area contributed by atoms with E-state index in [1.54, 1.807) is 5.56 Å². The van der Waals surface area contributed by atoms with E-state index in [0.29, 0.717) is 5.92 Å². The second-order valence-electron chi connectivity index (χ2n) is 7.13. The predicted molar refractivity (Wildman–Crippen MR) is 102 cm³/mol. The largest absolute Gasteiger partial charge is 0.309 e. The molecule has 0 bridgehead atoms. The van der Waals surface area contributed by atoms with Crippen molar-refractivity contribution in [1.82, 2.24) is 4.90 Å². The van der Waals surface area contributed by atoms with Gasteiger partial charge in [-0.05, 0) is 62.5 Å². The first-order chi connectivity index (χ1) is 10.6. The Morgan fingerprint density at radius 1 is 1.00 bits per heavy atom. The summed E-state index contributed by atoms with van der Waals surface area (Å²) in [7, 11) is 4.33. The zero-order valence-electron chi connectivity index (χ0n) is 14.5. The van der Waals surface area contributed by atoms with Gasteiger partial charge in [-0.25, -0.2) is 0 Å². The summed E-state index contributed by atoms with van der Waals surface area (Å²) < 4.78 is 0. The van der Waals surface area contributed by atoms with Gasteiger partial charge < -0.3 is 4.90 Å². The second kappa shape index (κ2) is 7.51. The topological polar surface area (TPSA) is 3.24 Å². The van der Waals surface area contributed by atoms with Gasteiger partial charge >= 0.3 is 0 Å². The molecular formula is C21H28ClN. The van der Waals surface area contributed by atoms with E-state index in [1.807, 2.05) is 0 Å². The molecule has 2 heteroatoms. The summed E-state index contributed by atoms with van der Waals surface area (Å²) in [6, 6.07) is 20.1. The van der Waals surface area contributed by atoms with Gasteiger partial charge in [0.1, 0.15) is 0 Å². The summed E-state index contributed by atoms with van der Waals surface area (Å²) in [4.78, 5) is 2.29. The first-order valence-electron chi connectivity index (χ1n) is 8.41. The van der Waals surface area contributed by atoms with Gasteiger partial charge in [0.15, 0.2) is 0 Å². The van der Waals surface area contributed by atoms with Crippen LogP contribution in [0.3, 0.4) is 0 Å². The molecule has 1 aliphatic carbocycles. The number of hydrogen-bond acceptors (Lipinski definition) is 1. The Bertz CT molecular complexity index is 623. The van der Waals surface area contributed by atoms with Gasteiger partial charge in [0.2, 0.25) is 0 Å². The van der Waals surface area contributed by atoms with Crippen LogP contribution in [-0.2, 0) is 5.41 Å². The van der Waals surface area contributed by atoms with Crippen molar-refractivity contribution in [3.63, 3.8) is 0 Å². The van der Waals surface area contributed by atoms with Crippen LogP contribution in [0.1, 0.15) is 48.8 Å². The molecule has 0 fully saturated rings. The number of benzene rings is 2. The minimum absolute atomic E-state index is 0. The van der Waals surface area contributed by atoms with Crippen molar-refractivity contribution in [2.45, 2.75) is 37.5 Å². The Morgan fingerprint density at radius 3 is 2.35 bits per heavy atom. The molecule has 0 spiro atoms. The highest BCUT2D eigenvalue weighted by Crippen LogP contribution is 2.51. The maximum absolute atomic E-state index is 2.42. The molecule has 2 atom stereocenters.